The van der Waals surface area contributed by atoms with E-state index in [0.29, 0.717) is 28.9 Å². The highest BCUT2D eigenvalue weighted by atomic mass is 35.5. The molecule has 0 radical (unpaired) electrons. The molecule has 0 aliphatic rings. The van der Waals surface area contributed by atoms with Crippen molar-refractivity contribution in [3.05, 3.63) is 93.5 Å². The molecule has 43 heavy (non-hydrogen) atoms. The summed E-state index contributed by atoms with van der Waals surface area (Å²) in [4.78, 5) is 27.9. The van der Waals surface area contributed by atoms with Crippen LogP contribution in [0.3, 0.4) is 0 Å². The number of sulfonamides is 1. The zero-order valence-electron chi connectivity index (χ0n) is 23.8. The van der Waals surface area contributed by atoms with E-state index in [4.69, 9.17) is 23.2 Å². The van der Waals surface area contributed by atoms with Gasteiger partial charge < -0.3 is 10.2 Å². The highest BCUT2D eigenvalue weighted by Gasteiger charge is 2.35. The summed E-state index contributed by atoms with van der Waals surface area (Å²) in [5.41, 5.74) is -0.393. The summed E-state index contributed by atoms with van der Waals surface area (Å²) in [6, 6.07) is 13.0. The molecule has 3 aromatic carbocycles. The number of hydrogen-bond acceptors (Lipinski definition) is 4. The Labute approximate surface area is 259 Å². The van der Waals surface area contributed by atoms with E-state index < -0.39 is 46.2 Å². The maximum atomic E-state index is 14.0. The minimum absolute atomic E-state index is 0.214. The molecule has 7 nitrogen and oxygen atoms in total. The van der Waals surface area contributed by atoms with E-state index in [-0.39, 0.29) is 27.2 Å². The van der Waals surface area contributed by atoms with Gasteiger partial charge in [0.25, 0.3) is 10.0 Å². The predicted octanol–water partition coefficient (Wildman–Crippen LogP) is 6.85. The van der Waals surface area contributed by atoms with Crippen LogP contribution >= 0.6 is 23.2 Å². The molecule has 0 heterocycles. The number of amides is 2. The van der Waals surface area contributed by atoms with Crippen LogP contribution in [0.1, 0.15) is 43.4 Å². The van der Waals surface area contributed by atoms with Crippen LogP contribution in [-0.2, 0) is 32.3 Å². The molecule has 0 saturated heterocycles. The first-order valence-electron chi connectivity index (χ1n) is 13.4. The van der Waals surface area contributed by atoms with Crippen LogP contribution < -0.4 is 9.62 Å². The fraction of sp³-hybridized carbons (Fsp3) is 0.333. The third-order valence-corrected chi connectivity index (χ3v) is 9.23. The molecule has 0 saturated carbocycles. The molecule has 0 aromatic heterocycles. The highest BCUT2D eigenvalue weighted by Crippen LogP contribution is 2.34. The first-order chi connectivity index (χ1) is 20.2. The first kappa shape index (κ1) is 34.2. The molecule has 13 heteroatoms. The van der Waals surface area contributed by atoms with Crippen molar-refractivity contribution in [3.63, 3.8) is 0 Å². The fourth-order valence-electron chi connectivity index (χ4n) is 4.18. The van der Waals surface area contributed by atoms with E-state index in [1.54, 1.807) is 25.1 Å². The molecular weight excluding hydrogens is 626 g/mol. The Kier molecular flexibility index (Phi) is 11.5. The lowest BCUT2D eigenvalue weighted by Crippen LogP contribution is -2.51. The molecule has 3 rings (SSSR count). The number of alkyl halides is 3. The van der Waals surface area contributed by atoms with Gasteiger partial charge in [0.15, 0.2) is 0 Å². The number of rotatable bonds is 12. The summed E-state index contributed by atoms with van der Waals surface area (Å²) < 4.78 is 69.2. The van der Waals surface area contributed by atoms with Gasteiger partial charge in [0.2, 0.25) is 11.8 Å². The van der Waals surface area contributed by atoms with Crippen molar-refractivity contribution in [2.24, 2.45) is 0 Å². The Bertz CT molecular complexity index is 1530. The number of halogens is 5. The SMILES string of the molecule is CCCCNC(=O)[C@H](C)N(Cc1c(Cl)cccc1Cl)C(=O)CN(c1cccc(C(F)(F)F)c1)S(=O)(=O)c1ccc(C)cc1. The predicted molar refractivity (Wildman–Crippen MR) is 162 cm³/mol. The monoisotopic (exact) mass is 657 g/mol. The average Bonchev–Trinajstić information content (AvgIpc) is 2.95. The van der Waals surface area contributed by atoms with Gasteiger partial charge in [-0.25, -0.2) is 8.42 Å². The number of nitrogens with one attached hydrogen (secondary N) is 1. The van der Waals surface area contributed by atoms with E-state index in [9.17, 15) is 31.2 Å². The number of benzene rings is 3. The van der Waals surface area contributed by atoms with Crippen molar-refractivity contribution in [3.8, 4) is 0 Å². The molecule has 0 aliphatic carbocycles. The van der Waals surface area contributed by atoms with E-state index in [2.05, 4.69) is 5.32 Å². The Morgan fingerprint density at radius 1 is 0.977 bits per heavy atom. The highest BCUT2D eigenvalue weighted by molar-refractivity contribution is 7.92. The lowest BCUT2D eigenvalue weighted by atomic mass is 10.1. The second-order valence-corrected chi connectivity index (χ2v) is 12.6. The standard InChI is InChI=1S/C30H32Cl2F3N3O4S/c1-4-5-16-36-29(40)21(3)37(18-25-26(31)10-7-11-27(25)32)28(39)19-38(23-9-6-8-22(17-23)30(33,34)35)43(41,42)24-14-12-20(2)13-15-24/h6-15,17,21H,4-5,16,18-19H2,1-3H3,(H,36,40)/t21-/m0/s1. The van der Waals surface area contributed by atoms with E-state index in [0.717, 1.165) is 29.0 Å². The van der Waals surface area contributed by atoms with Crippen molar-refractivity contribution in [1.29, 1.82) is 0 Å². The maximum Gasteiger partial charge on any atom is 0.416 e. The zero-order valence-corrected chi connectivity index (χ0v) is 26.1. The Balaban J connectivity index is 2.10. The van der Waals surface area contributed by atoms with Crippen LogP contribution in [-0.4, -0.2) is 44.3 Å². The quantitative estimate of drug-likeness (QED) is 0.216. The van der Waals surface area contributed by atoms with Gasteiger partial charge >= 0.3 is 6.18 Å². The second kappa shape index (κ2) is 14.5. The number of aryl methyl sites for hydroxylation is 1. The number of anilines is 1. The van der Waals surface area contributed by atoms with Crippen molar-refractivity contribution >= 4 is 50.7 Å². The summed E-state index contributed by atoms with van der Waals surface area (Å²) in [5.74, 6) is -1.36. The van der Waals surface area contributed by atoms with Crippen molar-refractivity contribution in [2.45, 2.75) is 57.3 Å². The van der Waals surface area contributed by atoms with E-state index in [1.165, 1.54) is 37.3 Å². The Hall–Kier alpha value is -3.28. The summed E-state index contributed by atoms with van der Waals surface area (Å²) in [7, 11) is -4.55. The Morgan fingerprint density at radius 2 is 1.58 bits per heavy atom. The normalized spacial score (nSPS) is 12.5. The van der Waals surface area contributed by atoms with Gasteiger partial charge in [-0.15, -0.1) is 0 Å². The minimum atomic E-state index is -4.77. The summed E-state index contributed by atoms with van der Waals surface area (Å²) in [5, 5.41) is 3.18. The molecule has 2 amide bonds. The summed E-state index contributed by atoms with van der Waals surface area (Å²) in [6.45, 7) is 4.34. The lowest BCUT2D eigenvalue weighted by molar-refractivity contribution is -0.139. The fourth-order valence-corrected chi connectivity index (χ4v) is 6.10. The minimum Gasteiger partial charge on any atom is -0.354 e. The van der Waals surface area contributed by atoms with Crippen LogP contribution in [0.2, 0.25) is 10.0 Å². The summed E-state index contributed by atoms with van der Waals surface area (Å²) in [6.07, 6.45) is -3.26. The smallest absolute Gasteiger partial charge is 0.354 e. The topological polar surface area (TPSA) is 86.8 Å². The number of unbranched alkanes of at least 4 members (excludes halogenated alkanes) is 1. The van der Waals surface area contributed by atoms with E-state index >= 15 is 0 Å². The summed E-state index contributed by atoms with van der Waals surface area (Å²) >= 11 is 12.7. The number of hydrogen-bond donors (Lipinski definition) is 1. The second-order valence-electron chi connectivity index (χ2n) is 9.92. The Morgan fingerprint density at radius 3 is 2.16 bits per heavy atom. The van der Waals surface area contributed by atoms with Gasteiger partial charge in [-0.2, -0.15) is 13.2 Å². The molecule has 0 spiro atoms. The number of carbonyl (C=O) groups is 2. The number of nitrogens with zero attached hydrogens (tertiary/aromatic N) is 2. The first-order valence-corrected chi connectivity index (χ1v) is 15.6. The third-order valence-electron chi connectivity index (χ3n) is 6.74. The molecule has 0 fully saturated rings. The van der Waals surface area contributed by atoms with Crippen LogP contribution in [0.15, 0.2) is 71.6 Å². The van der Waals surface area contributed by atoms with Crippen molar-refractivity contribution in [1.82, 2.24) is 10.2 Å². The van der Waals surface area contributed by atoms with Crippen LogP contribution in [0, 0.1) is 6.92 Å². The van der Waals surface area contributed by atoms with E-state index in [1.807, 2.05) is 6.92 Å². The van der Waals surface area contributed by atoms with Crippen molar-refractivity contribution in [2.75, 3.05) is 17.4 Å². The van der Waals surface area contributed by atoms with Gasteiger partial charge in [0.05, 0.1) is 16.1 Å². The lowest BCUT2D eigenvalue weighted by Gasteiger charge is -2.32. The molecule has 3 aromatic rings. The molecule has 232 valence electrons. The van der Waals surface area contributed by atoms with Gasteiger partial charge in [-0.1, -0.05) is 66.4 Å². The molecular formula is C30H32Cl2F3N3O4S. The average molecular weight is 659 g/mol. The number of carbonyl (C=O) groups excluding carboxylic acids is 2. The molecule has 1 N–H and O–H groups in total. The largest absolute Gasteiger partial charge is 0.416 e. The third kappa shape index (κ3) is 8.64. The van der Waals surface area contributed by atoms with Gasteiger partial charge in [0, 0.05) is 28.7 Å². The van der Waals surface area contributed by atoms with Gasteiger partial charge in [0.1, 0.15) is 12.6 Å². The maximum absolute atomic E-state index is 14.0. The van der Waals surface area contributed by atoms with Gasteiger partial charge in [-0.3, -0.25) is 13.9 Å². The molecule has 0 aliphatic heterocycles. The molecule has 1 atom stereocenters. The zero-order chi connectivity index (χ0) is 31.9. The molecule has 0 bridgehead atoms. The molecule has 0 unspecified atom stereocenters. The van der Waals surface area contributed by atoms with Crippen LogP contribution in [0.5, 0.6) is 0 Å². The van der Waals surface area contributed by atoms with Crippen molar-refractivity contribution < 1.29 is 31.2 Å². The van der Waals surface area contributed by atoms with Crippen LogP contribution in [0.25, 0.3) is 0 Å². The van der Waals surface area contributed by atoms with Crippen LogP contribution in [0.4, 0.5) is 18.9 Å². The van der Waals surface area contributed by atoms with Gasteiger partial charge in [-0.05, 0) is 62.7 Å².